The fourth-order valence-corrected chi connectivity index (χ4v) is 3.69. The molecule has 0 N–H and O–H groups in total. The number of benzene rings is 1. The summed E-state index contributed by atoms with van der Waals surface area (Å²) in [6.07, 6.45) is 10.0. The van der Waals surface area contributed by atoms with Crippen LogP contribution >= 0.6 is 0 Å². The standard InChI is InChI=1S/C18H26O/c1-3-6-14-9-11-15(12-10-14)18-8-5-7-16(13-19)17(18)4-2/h5,7-8,13-15H,3-4,6,9-12H2,1-2H3. The Labute approximate surface area is 117 Å². The molecule has 0 amide bonds. The van der Waals surface area contributed by atoms with Crippen LogP contribution in [-0.2, 0) is 6.42 Å². The average Bonchev–Trinajstić information content (AvgIpc) is 2.47. The molecule has 0 aliphatic heterocycles. The molecule has 0 saturated heterocycles. The summed E-state index contributed by atoms with van der Waals surface area (Å²) in [6.45, 7) is 4.45. The van der Waals surface area contributed by atoms with Crippen LogP contribution in [0.2, 0.25) is 0 Å². The van der Waals surface area contributed by atoms with Crippen molar-refractivity contribution in [1.82, 2.24) is 0 Å². The van der Waals surface area contributed by atoms with Crippen molar-refractivity contribution in [1.29, 1.82) is 0 Å². The SMILES string of the molecule is CCCC1CCC(c2cccc(C=O)c2CC)CC1. The van der Waals surface area contributed by atoms with E-state index in [0.717, 1.165) is 24.2 Å². The maximum atomic E-state index is 11.2. The van der Waals surface area contributed by atoms with Crippen LogP contribution in [-0.4, -0.2) is 6.29 Å². The highest BCUT2D eigenvalue weighted by Crippen LogP contribution is 2.39. The molecule has 1 aromatic carbocycles. The lowest BCUT2D eigenvalue weighted by Crippen LogP contribution is -2.15. The van der Waals surface area contributed by atoms with Crippen molar-refractivity contribution in [2.45, 2.75) is 64.7 Å². The van der Waals surface area contributed by atoms with Crippen LogP contribution in [0.5, 0.6) is 0 Å². The van der Waals surface area contributed by atoms with E-state index in [1.54, 1.807) is 0 Å². The van der Waals surface area contributed by atoms with E-state index >= 15 is 0 Å². The van der Waals surface area contributed by atoms with Gasteiger partial charge in [0.15, 0.2) is 0 Å². The Morgan fingerprint density at radius 1 is 1.16 bits per heavy atom. The maximum absolute atomic E-state index is 11.2. The molecule has 0 bridgehead atoms. The van der Waals surface area contributed by atoms with Crippen LogP contribution in [0.15, 0.2) is 18.2 Å². The van der Waals surface area contributed by atoms with Crippen molar-refractivity contribution < 1.29 is 4.79 Å². The quantitative estimate of drug-likeness (QED) is 0.669. The van der Waals surface area contributed by atoms with Gasteiger partial charge in [0, 0.05) is 5.56 Å². The molecule has 1 aliphatic rings. The molecule has 0 radical (unpaired) electrons. The topological polar surface area (TPSA) is 17.1 Å². The number of hydrogen-bond acceptors (Lipinski definition) is 1. The highest BCUT2D eigenvalue weighted by molar-refractivity contribution is 5.78. The largest absolute Gasteiger partial charge is 0.298 e. The fraction of sp³-hybridized carbons (Fsp3) is 0.611. The zero-order valence-corrected chi connectivity index (χ0v) is 12.3. The van der Waals surface area contributed by atoms with Crippen molar-refractivity contribution in [3.63, 3.8) is 0 Å². The predicted octanol–water partition coefficient (Wildman–Crippen LogP) is 5.14. The molecule has 0 spiro atoms. The summed E-state index contributed by atoms with van der Waals surface area (Å²) in [7, 11) is 0. The van der Waals surface area contributed by atoms with Gasteiger partial charge < -0.3 is 0 Å². The van der Waals surface area contributed by atoms with E-state index in [1.807, 2.05) is 6.07 Å². The Balaban J connectivity index is 2.13. The van der Waals surface area contributed by atoms with Crippen LogP contribution in [0.3, 0.4) is 0 Å². The van der Waals surface area contributed by atoms with Crippen molar-refractivity contribution >= 4 is 6.29 Å². The van der Waals surface area contributed by atoms with E-state index in [1.165, 1.54) is 49.7 Å². The number of carbonyl (C=O) groups excluding carboxylic acids is 1. The van der Waals surface area contributed by atoms with Gasteiger partial charge in [0.25, 0.3) is 0 Å². The van der Waals surface area contributed by atoms with Gasteiger partial charge in [0.2, 0.25) is 0 Å². The number of rotatable bonds is 5. The fourth-order valence-electron chi connectivity index (χ4n) is 3.69. The van der Waals surface area contributed by atoms with Gasteiger partial charge in [0.05, 0.1) is 0 Å². The van der Waals surface area contributed by atoms with Gasteiger partial charge in [-0.05, 0) is 55.1 Å². The monoisotopic (exact) mass is 258 g/mol. The minimum atomic E-state index is 0.683. The third-order valence-corrected chi connectivity index (χ3v) is 4.71. The first-order valence-corrected chi connectivity index (χ1v) is 7.87. The molecule has 0 atom stereocenters. The lowest BCUT2D eigenvalue weighted by atomic mass is 9.75. The van der Waals surface area contributed by atoms with Gasteiger partial charge in [0.1, 0.15) is 6.29 Å². The van der Waals surface area contributed by atoms with E-state index < -0.39 is 0 Å². The number of hydrogen-bond donors (Lipinski definition) is 0. The molecule has 0 unspecified atom stereocenters. The molecule has 1 saturated carbocycles. The molecule has 1 heteroatoms. The summed E-state index contributed by atoms with van der Waals surface area (Å²) in [5.41, 5.74) is 3.63. The Hall–Kier alpha value is -1.11. The molecule has 2 rings (SSSR count). The van der Waals surface area contributed by atoms with Crippen molar-refractivity contribution in [3.05, 3.63) is 34.9 Å². The first kappa shape index (κ1) is 14.3. The second-order valence-electron chi connectivity index (χ2n) is 5.89. The Bertz CT molecular complexity index is 414. The van der Waals surface area contributed by atoms with Gasteiger partial charge in [-0.2, -0.15) is 0 Å². The van der Waals surface area contributed by atoms with E-state index in [-0.39, 0.29) is 0 Å². The van der Waals surface area contributed by atoms with Gasteiger partial charge in [-0.25, -0.2) is 0 Å². The van der Waals surface area contributed by atoms with Crippen LogP contribution in [0.4, 0.5) is 0 Å². The van der Waals surface area contributed by atoms with Crippen molar-refractivity contribution in [2.75, 3.05) is 0 Å². The normalized spacial score (nSPS) is 23.3. The molecule has 1 aromatic rings. The minimum Gasteiger partial charge on any atom is -0.298 e. The maximum Gasteiger partial charge on any atom is 0.150 e. The van der Waals surface area contributed by atoms with E-state index in [4.69, 9.17) is 0 Å². The third kappa shape index (κ3) is 3.26. The summed E-state index contributed by atoms with van der Waals surface area (Å²) in [6, 6.07) is 6.26. The number of carbonyl (C=O) groups is 1. The van der Waals surface area contributed by atoms with Crippen molar-refractivity contribution in [2.24, 2.45) is 5.92 Å². The predicted molar refractivity (Wildman–Crippen MR) is 80.8 cm³/mol. The van der Waals surface area contributed by atoms with Gasteiger partial charge >= 0.3 is 0 Å². The Kier molecular flexibility index (Phi) is 5.18. The summed E-state index contributed by atoms with van der Waals surface area (Å²) in [5, 5.41) is 0. The zero-order valence-electron chi connectivity index (χ0n) is 12.3. The molecule has 1 fully saturated rings. The van der Waals surface area contributed by atoms with E-state index in [9.17, 15) is 4.79 Å². The molecule has 104 valence electrons. The smallest absolute Gasteiger partial charge is 0.150 e. The Morgan fingerprint density at radius 3 is 2.47 bits per heavy atom. The van der Waals surface area contributed by atoms with Crippen LogP contribution < -0.4 is 0 Å². The van der Waals surface area contributed by atoms with Crippen molar-refractivity contribution in [3.8, 4) is 0 Å². The molecule has 1 aliphatic carbocycles. The number of aldehydes is 1. The molecule has 19 heavy (non-hydrogen) atoms. The molecule has 1 nitrogen and oxygen atoms in total. The van der Waals surface area contributed by atoms with E-state index in [2.05, 4.69) is 26.0 Å². The van der Waals surface area contributed by atoms with Gasteiger partial charge in [-0.3, -0.25) is 4.79 Å². The highest BCUT2D eigenvalue weighted by Gasteiger charge is 2.23. The molecule has 0 aromatic heterocycles. The lowest BCUT2D eigenvalue weighted by molar-refractivity contribution is 0.112. The second kappa shape index (κ2) is 6.88. The minimum absolute atomic E-state index is 0.683. The van der Waals surface area contributed by atoms with Crippen LogP contribution in [0, 0.1) is 5.92 Å². The highest BCUT2D eigenvalue weighted by atomic mass is 16.1. The van der Waals surface area contributed by atoms with Gasteiger partial charge in [-0.15, -0.1) is 0 Å². The second-order valence-corrected chi connectivity index (χ2v) is 5.89. The third-order valence-electron chi connectivity index (χ3n) is 4.71. The molecular weight excluding hydrogens is 232 g/mol. The average molecular weight is 258 g/mol. The molecule has 0 heterocycles. The van der Waals surface area contributed by atoms with Crippen LogP contribution in [0.1, 0.15) is 79.8 Å². The summed E-state index contributed by atoms with van der Waals surface area (Å²) < 4.78 is 0. The summed E-state index contributed by atoms with van der Waals surface area (Å²) >= 11 is 0. The summed E-state index contributed by atoms with van der Waals surface area (Å²) in [5.74, 6) is 1.63. The van der Waals surface area contributed by atoms with Gasteiger partial charge in [-0.1, -0.05) is 44.9 Å². The van der Waals surface area contributed by atoms with E-state index in [0.29, 0.717) is 5.92 Å². The first-order chi connectivity index (χ1) is 9.30. The lowest BCUT2D eigenvalue weighted by Gasteiger charge is -2.30. The zero-order chi connectivity index (χ0) is 13.7. The molecular formula is C18H26O. The Morgan fingerprint density at radius 2 is 1.89 bits per heavy atom. The van der Waals surface area contributed by atoms with Crippen LogP contribution in [0.25, 0.3) is 0 Å². The summed E-state index contributed by atoms with van der Waals surface area (Å²) in [4.78, 5) is 11.2. The first-order valence-electron chi connectivity index (χ1n) is 7.87.